The molecule has 0 saturated carbocycles. The van der Waals surface area contributed by atoms with E-state index in [1.807, 2.05) is 0 Å². The molecule has 0 aromatic carbocycles. The predicted octanol–water partition coefficient (Wildman–Crippen LogP) is 2.58. The number of nitrogens with zero attached hydrogens (tertiary/aromatic N) is 1. The Hall–Kier alpha value is -1.08. The maximum atomic E-state index is 10.8. The number of hydrogen-bond donors (Lipinski definition) is 2. The Balaban J connectivity index is 2.20. The van der Waals surface area contributed by atoms with Crippen LogP contribution in [-0.2, 0) is 4.79 Å². The molecule has 0 aliphatic carbocycles. The van der Waals surface area contributed by atoms with Crippen molar-refractivity contribution in [3.05, 3.63) is 11.2 Å². The summed E-state index contributed by atoms with van der Waals surface area (Å²) in [6.45, 7) is 0. The smallest absolute Gasteiger partial charge is 0.356 e. The van der Waals surface area contributed by atoms with Crippen molar-refractivity contribution in [2.75, 3.05) is 5.75 Å². The summed E-state index contributed by atoms with van der Waals surface area (Å²) >= 11 is 2.79. The molecule has 0 atom stereocenters. The second kappa shape index (κ2) is 7.29. The molecule has 0 radical (unpaired) electrons. The van der Waals surface area contributed by atoms with Gasteiger partial charge in [0, 0.05) is 6.42 Å². The van der Waals surface area contributed by atoms with Crippen molar-refractivity contribution in [3.63, 3.8) is 0 Å². The van der Waals surface area contributed by atoms with Gasteiger partial charge < -0.3 is 10.2 Å². The fourth-order valence-corrected chi connectivity index (χ4v) is 3.17. The van der Waals surface area contributed by atoms with Crippen LogP contribution in [0.3, 0.4) is 0 Å². The zero-order valence-electron chi connectivity index (χ0n) is 9.09. The number of aromatic nitrogens is 1. The highest BCUT2D eigenvalue weighted by molar-refractivity contribution is 8.01. The number of hydrogen-bond acceptors (Lipinski definition) is 5. The topological polar surface area (TPSA) is 87.5 Å². The Kier molecular flexibility index (Phi) is 5.99. The molecular formula is C10H13NO4S2. The monoisotopic (exact) mass is 275 g/mol. The molecule has 0 fully saturated rings. The quantitative estimate of drug-likeness (QED) is 0.560. The zero-order chi connectivity index (χ0) is 12.7. The summed E-state index contributed by atoms with van der Waals surface area (Å²) < 4.78 is 0.718. The number of rotatable bonds is 8. The fraction of sp³-hybridized carbons (Fsp3) is 0.500. The van der Waals surface area contributed by atoms with Crippen LogP contribution < -0.4 is 0 Å². The van der Waals surface area contributed by atoms with Crippen LogP contribution in [0.4, 0.5) is 0 Å². The third-order valence-corrected chi connectivity index (χ3v) is 4.21. The normalized spacial score (nSPS) is 10.4. The van der Waals surface area contributed by atoms with E-state index in [0.29, 0.717) is 6.42 Å². The van der Waals surface area contributed by atoms with Crippen LogP contribution in [0.1, 0.15) is 36.2 Å². The molecule has 0 saturated heterocycles. The van der Waals surface area contributed by atoms with Crippen molar-refractivity contribution in [1.82, 2.24) is 4.98 Å². The van der Waals surface area contributed by atoms with Crippen molar-refractivity contribution in [3.8, 4) is 0 Å². The summed E-state index contributed by atoms with van der Waals surface area (Å²) in [4.78, 5) is 24.8. The average Bonchev–Trinajstić information content (AvgIpc) is 2.71. The Bertz CT molecular complexity index is 391. The fourth-order valence-electron chi connectivity index (χ4n) is 1.20. The third-order valence-electron chi connectivity index (χ3n) is 2.01. The summed E-state index contributed by atoms with van der Waals surface area (Å²) in [6.07, 6.45) is 2.60. The minimum atomic E-state index is -1.00. The van der Waals surface area contributed by atoms with Gasteiger partial charge in [-0.1, -0.05) is 6.42 Å². The zero-order valence-corrected chi connectivity index (χ0v) is 10.7. The van der Waals surface area contributed by atoms with Crippen LogP contribution in [0.15, 0.2) is 9.72 Å². The molecule has 94 valence electrons. The largest absolute Gasteiger partial charge is 0.481 e. The van der Waals surface area contributed by atoms with Gasteiger partial charge in [0.2, 0.25) is 0 Å². The molecule has 0 amide bonds. The first-order valence-corrected chi connectivity index (χ1v) is 6.99. The predicted molar refractivity (Wildman–Crippen MR) is 65.9 cm³/mol. The first kappa shape index (κ1) is 14.0. The van der Waals surface area contributed by atoms with E-state index in [2.05, 4.69) is 4.98 Å². The Morgan fingerprint density at radius 2 is 2.06 bits per heavy atom. The summed E-state index contributed by atoms with van der Waals surface area (Å²) in [7, 11) is 0. The van der Waals surface area contributed by atoms with E-state index >= 15 is 0 Å². The van der Waals surface area contributed by atoms with Gasteiger partial charge in [-0.05, 0) is 18.6 Å². The summed E-state index contributed by atoms with van der Waals surface area (Å²) in [6, 6.07) is 0. The lowest BCUT2D eigenvalue weighted by atomic mass is 10.2. The summed E-state index contributed by atoms with van der Waals surface area (Å²) in [5.74, 6) is -0.977. The van der Waals surface area contributed by atoms with Gasteiger partial charge in [-0.2, -0.15) is 0 Å². The number of thioether (sulfide) groups is 1. The Labute approximate surface area is 107 Å². The number of aromatic carboxylic acids is 1. The van der Waals surface area contributed by atoms with Gasteiger partial charge in [0.1, 0.15) is 0 Å². The van der Waals surface area contributed by atoms with Gasteiger partial charge >= 0.3 is 11.9 Å². The Morgan fingerprint density at radius 3 is 2.71 bits per heavy atom. The van der Waals surface area contributed by atoms with E-state index in [0.717, 1.165) is 22.8 Å². The SMILES string of the molecule is O=C(O)CCCCCSc1scnc1C(=O)O. The molecule has 1 heterocycles. The molecule has 1 aromatic heterocycles. The molecule has 7 heteroatoms. The molecule has 1 rings (SSSR count). The van der Waals surface area contributed by atoms with Crippen LogP contribution in [0, 0.1) is 0 Å². The second-order valence-corrected chi connectivity index (χ2v) is 5.56. The van der Waals surface area contributed by atoms with Crippen molar-refractivity contribution >= 4 is 35.0 Å². The van der Waals surface area contributed by atoms with Crippen LogP contribution in [0.25, 0.3) is 0 Å². The minimum Gasteiger partial charge on any atom is -0.481 e. The van der Waals surface area contributed by atoms with Crippen molar-refractivity contribution in [2.24, 2.45) is 0 Å². The first-order valence-electron chi connectivity index (χ1n) is 5.12. The molecule has 0 bridgehead atoms. The standard InChI is InChI=1S/C10H13NO4S2/c12-7(13)4-2-1-3-5-16-10-8(9(14)15)11-6-17-10/h6H,1-5H2,(H,12,13)(H,14,15). The highest BCUT2D eigenvalue weighted by Gasteiger charge is 2.13. The molecule has 5 nitrogen and oxygen atoms in total. The molecule has 0 unspecified atom stereocenters. The van der Waals surface area contributed by atoms with E-state index in [4.69, 9.17) is 10.2 Å². The summed E-state index contributed by atoms with van der Waals surface area (Å²) in [5.41, 5.74) is 1.64. The van der Waals surface area contributed by atoms with Crippen LogP contribution in [0.5, 0.6) is 0 Å². The van der Waals surface area contributed by atoms with Crippen LogP contribution in [0.2, 0.25) is 0 Å². The number of aliphatic carboxylic acids is 1. The van der Waals surface area contributed by atoms with E-state index in [-0.39, 0.29) is 12.1 Å². The maximum absolute atomic E-state index is 10.8. The van der Waals surface area contributed by atoms with Crippen LogP contribution in [-0.4, -0.2) is 32.9 Å². The molecule has 0 spiro atoms. The van der Waals surface area contributed by atoms with Gasteiger partial charge in [-0.25, -0.2) is 9.78 Å². The van der Waals surface area contributed by atoms with Gasteiger partial charge in [0.05, 0.1) is 9.72 Å². The highest BCUT2D eigenvalue weighted by Crippen LogP contribution is 2.27. The number of carboxylic acid groups (broad SMARTS) is 2. The second-order valence-electron chi connectivity index (χ2n) is 3.35. The van der Waals surface area contributed by atoms with Gasteiger partial charge in [0.15, 0.2) is 5.69 Å². The minimum absolute atomic E-state index is 0.116. The number of unbranched alkanes of at least 4 members (excludes halogenated alkanes) is 2. The van der Waals surface area contributed by atoms with E-state index in [1.54, 1.807) is 0 Å². The van der Waals surface area contributed by atoms with Gasteiger partial charge in [0.25, 0.3) is 0 Å². The number of thiazole rings is 1. The maximum Gasteiger partial charge on any atom is 0.356 e. The van der Waals surface area contributed by atoms with Crippen molar-refractivity contribution in [1.29, 1.82) is 0 Å². The highest BCUT2D eigenvalue weighted by atomic mass is 32.2. The lowest BCUT2D eigenvalue weighted by Gasteiger charge is -1.99. The molecule has 2 N–H and O–H groups in total. The van der Waals surface area contributed by atoms with E-state index < -0.39 is 11.9 Å². The number of carboxylic acids is 2. The van der Waals surface area contributed by atoms with Crippen molar-refractivity contribution in [2.45, 2.75) is 29.9 Å². The summed E-state index contributed by atoms with van der Waals surface area (Å²) in [5, 5.41) is 17.3. The average molecular weight is 275 g/mol. The third kappa shape index (κ3) is 5.18. The Morgan fingerprint density at radius 1 is 1.29 bits per heavy atom. The van der Waals surface area contributed by atoms with Crippen molar-refractivity contribution < 1.29 is 19.8 Å². The van der Waals surface area contributed by atoms with Crippen LogP contribution >= 0.6 is 23.1 Å². The molecule has 1 aromatic rings. The molecule has 17 heavy (non-hydrogen) atoms. The lowest BCUT2D eigenvalue weighted by molar-refractivity contribution is -0.137. The first-order chi connectivity index (χ1) is 8.11. The van der Waals surface area contributed by atoms with Gasteiger partial charge in [-0.3, -0.25) is 4.79 Å². The lowest BCUT2D eigenvalue weighted by Crippen LogP contribution is -1.98. The van der Waals surface area contributed by atoms with Gasteiger partial charge in [-0.15, -0.1) is 23.1 Å². The molecular weight excluding hydrogens is 262 g/mol. The molecule has 0 aliphatic rings. The van der Waals surface area contributed by atoms with E-state index in [1.165, 1.54) is 28.6 Å². The molecule has 0 aliphatic heterocycles. The number of carbonyl (C=O) groups is 2. The van der Waals surface area contributed by atoms with E-state index in [9.17, 15) is 9.59 Å².